The summed E-state index contributed by atoms with van der Waals surface area (Å²) in [6.45, 7) is 22.2. The highest BCUT2D eigenvalue weighted by molar-refractivity contribution is 7.44. The van der Waals surface area contributed by atoms with Crippen LogP contribution in [0.5, 0.6) is 0 Å². The Morgan fingerprint density at radius 2 is 1.53 bits per heavy atom. The number of aromatic nitrogens is 2. The number of nitriles is 1. The number of ether oxygens (including phenoxy) is 1. The molecule has 7 rings (SSSR count). The first kappa shape index (κ1) is 47.4. The van der Waals surface area contributed by atoms with Gasteiger partial charge in [0, 0.05) is 40.3 Å². The number of carbonyl (C=O) groups is 1. The van der Waals surface area contributed by atoms with Crippen molar-refractivity contribution in [2.45, 2.75) is 129 Å². The zero-order valence-electron chi connectivity index (χ0n) is 38.8. The van der Waals surface area contributed by atoms with Crippen molar-refractivity contribution < 1.29 is 27.4 Å². The Labute approximate surface area is 379 Å². The summed E-state index contributed by atoms with van der Waals surface area (Å²) >= 11 is 0. The van der Waals surface area contributed by atoms with Crippen molar-refractivity contribution in [3.63, 3.8) is 0 Å². The fraction of sp³-hybridized carbons (Fsp3) is 0.440. The molecule has 1 N–H and O–H groups in total. The summed E-state index contributed by atoms with van der Waals surface area (Å²) < 4.78 is 38.4. The van der Waals surface area contributed by atoms with Gasteiger partial charge in [0.15, 0.2) is 0 Å². The third kappa shape index (κ3) is 9.81. The average molecular weight is 904 g/mol. The smallest absolute Gasteiger partial charge is 0.351 e. The van der Waals surface area contributed by atoms with E-state index in [1.165, 1.54) is 31.5 Å². The largest absolute Gasteiger partial charge is 0.391 e. The van der Waals surface area contributed by atoms with Gasteiger partial charge in [0.1, 0.15) is 18.1 Å². The third-order valence-corrected chi connectivity index (χ3v) is 19.2. The van der Waals surface area contributed by atoms with E-state index in [-0.39, 0.29) is 43.4 Å². The number of nitrogens with zero attached hydrogens (tertiary/aromatic N) is 4. The van der Waals surface area contributed by atoms with Gasteiger partial charge in [-0.3, -0.25) is 9.36 Å². The first-order valence-electron chi connectivity index (χ1n) is 22.2. The first-order chi connectivity index (χ1) is 30.4. The molecule has 1 fully saturated rings. The predicted molar refractivity (Wildman–Crippen MR) is 258 cm³/mol. The molecular formula is C50H62N5O7PSi. The van der Waals surface area contributed by atoms with Crippen LogP contribution in [0, 0.1) is 11.3 Å². The molecule has 4 atom stereocenters. The zero-order chi connectivity index (χ0) is 46.0. The van der Waals surface area contributed by atoms with Crippen LogP contribution in [-0.2, 0) is 29.2 Å². The molecule has 1 unspecified atom stereocenters. The maximum atomic E-state index is 13.7. The lowest BCUT2D eigenvalue weighted by Gasteiger charge is -2.49. The number of hydrogen-bond acceptors (Lipinski definition) is 10. The van der Waals surface area contributed by atoms with Crippen molar-refractivity contribution in [2.24, 2.45) is 0 Å². The normalized spacial score (nSPS) is 17.9. The number of hydrogen-bond donors (Lipinski definition) is 1. The van der Waals surface area contributed by atoms with Gasteiger partial charge in [0.05, 0.1) is 38.4 Å². The van der Waals surface area contributed by atoms with Crippen molar-refractivity contribution in [1.29, 1.82) is 5.26 Å². The molecule has 64 heavy (non-hydrogen) atoms. The zero-order valence-corrected chi connectivity index (χ0v) is 40.6. The second-order valence-electron chi connectivity index (χ2n) is 19.2. The van der Waals surface area contributed by atoms with Crippen molar-refractivity contribution >= 4 is 61.1 Å². The molecular weight excluding hydrogens is 842 g/mol. The summed E-state index contributed by atoms with van der Waals surface area (Å²) in [5.74, 6) is -0.239. The Kier molecular flexibility index (Phi) is 14.4. The fourth-order valence-corrected chi connectivity index (χ4v) is 15.9. The number of nitrogens with one attached hydrogen (secondary N) is 1. The minimum Gasteiger partial charge on any atom is -0.391 e. The third-order valence-electron chi connectivity index (χ3n) is 12.0. The highest BCUT2D eigenvalue weighted by Crippen LogP contribution is 2.54. The fourth-order valence-electron chi connectivity index (χ4n) is 9.35. The second kappa shape index (κ2) is 19.5. The molecule has 12 nitrogen and oxygen atoms in total. The van der Waals surface area contributed by atoms with Gasteiger partial charge < -0.3 is 28.0 Å². The molecule has 0 spiro atoms. The Bertz CT molecular complexity index is 2620. The summed E-state index contributed by atoms with van der Waals surface area (Å²) in [5.41, 5.74) is 0.960. The highest BCUT2D eigenvalue weighted by Gasteiger charge is 2.59. The van der Waals surface area contributed by atoms with Gasteiger partial charge in [-0.25, -0.2) is 9.46 Å². The number of amides is 1. The van der Waals surface area contributed by atoms with E-state index >= 15 is 0 Å². The SMILES string of the molecule is CC(C)N(C(C)C)P(OCCC#N)O[C@H]1C[C@H](n2ccc(NC(=O)c3ccccc3)nc2=O)O[C@@H]1CO[Si](OCc1ccc2ccc3cccc4ccc1c2c34)(C(C)(C)C)C(C)(C)C. The minimum absolute atomic E-state index is 0.0708. The molecule has 0 aliphatic carbocycles. The van der Waals surface area contributed by atoms with E-state index < -0.39 is 51.3 Å². The van der Waals surface area contributed by atoms with Gasteiger partial charge in [-0.05, 0) is 83.8 Å². The van der Waals surface area contributed by atoms with Crippen LogP contribution in [0.2, 0.25) is 10.1 Å². The van der Waals surface area contributed by atoms with Crippen LogP contribution in [0.3, 0.4) is 0 Å². The van der Waals surface area contributed by atoms with E-state index in [2.05, 4.69) is 145 Å². The molecule has 1 aromatic heterocycles. The van der Waals surface area contributed by atoms with Gasteiger partial charge in [0.25, 0.3) is 14.4 Å². The summed E-state index contributed by atoms with van der Waals surface area (Å²) in [4.78, 5) is 30.8. The van der Waals surface area contributed by atoms with Crippen LogP contribution in [0.25, 0.3) is 32.3 Å². The highest BCUT2D eigenvalue weighted by atomic mass is 31.2. The van der Waals surface area contributed by atoms with Crippen molar-refractivity contribution in [2.75, 3.05) is 18.5 Å². The van der Waals surface area contributed by atoms with E-state index in [1.54, 1.807) is 36.5 Å². The Morgan fingerprint density at radius 1 is 0.891 bits per heavy atom. The molecule has 0 saturated carbocycles. The van der Waals surface area contributed by atoms with Crippen molar-refractivity contribution in [1.82, 2.24) is 14.2 Å². The van der Waals surface area contributed by atoms with Crippen LogP contribution < -0.4 is 11.0 Å². The molecule has 0 radical (unpaired) electrons. The molecule has 338 valence electrons. The molecule has 0 bridgehead atoms. The molecule has 1 aliphatic heterocycles. The van der Waals surface area contributed by atoms with Gasteiger partial charge in [-0.15, -0.1) is 0 Å². The molecule has 1 amide bonds. The molecule has 6 aromatic rings. The van der Waals surface area contributed by atoms with E-state index in [0.29, 0.717) is 18.6 Å². The van der Waals surface area contributed by atoms with E-state index in [9.17, 15) is 14.9 Å². The van der Waals surface area contributed by atoms with Crippen LogP contribution in [0.15, 0.2) is 102 Å². The number of carbonyl (C=O) groups excluding carboxylic acids is 1. The molecule has 2 heterocycles. The second-order valence-corrected chi connectivity index (χ2v) is 25.4. The van der Waals surface area contributed by atoms with Crippen LogP contribution in [0.1, 0.15) is 104 Å². The molecule has 5 aromatic carbocycles. The molecule has 14 heteroatoms. The lowest BCUT2D eigenvalue weighted by molar-refractivity contribution is -0.0494. The van der Waals surface area contributed by atoms with Gasteiger partial charge in [0.2, 0.25) is 0 Å². The van der Waals surface area contributed by atoms with Crippen molar-refractivity contribution in [3.05, 3.63) is 119 Å². The summed E-state index contributed by atoms with van der Waals surface area (Å²) in [6, 6.07) is 32.3. The quantitative estimate of drug-likeness (QED) is 0.0407. The number of benzene rings is 5. The minimum atomic E-state index is -3.26. The van der Waals surface area contributed by atoms with Gasteiger partial charge in [-0.2, -0.15) is 10.2 Å². The number of rotatable bonds is 17. The average Bonchev–Trinajstić information content (AvgIpc) is 3.64. The standard InChI is InChI=1S/C50H62N5O7PSi/c1-33(2)55(34(3)4)63(58-29-15-27-51)62-41-30-44(54-28-26-43(53-48(54)57)52-47(56)38-16-12-11-13-17-38)61-42(41)32-60-64(49(5,6)7,50(8,9)10)59-31-39-23-22-37-21-20-35-18-14-19-36-24-25-40(39)46(37)45(35)36/h11-14,16-26,28,33-34,41-42,44H,15,29-32H2,1-10H3,(H,52,53,56,57)/t41-,42+,44+,63?/m0/s1. The van der Waals surface area contributed by atoms with Gasteiger partial charge in [-0.1, -0.05) is 114 Å². The van der Waals surface area contributed by atoms with Crippen LogP contribution >= 0.6 is 8.53 Å². The number of anilines is 1. The predicted octanol–water partition coefficient (Wildman–Crippen LogP) is 11.6. The van der Waals surface area contributed by atoms with E-state index in [4.69, 9.17) is 22.6 Å². The topological polar surface area (TPSA) is 137 Å². The van der Waals surface area contributed by atoms with Crippen LogP contribution in [-0.4, -0.2) is 66.2 Å². The Morgan fingerprint density at radius 3 is 2.16 bits per heavy atom. The van der Waals surface area contributed by atoms with E-state index in [0.717, 1.165) is 10.9 Å². The van der Waals surface area contributed by atoms with Crippen molar-refractivity contribution in [3.8, 4) is 6.07 Å². The summed E-state index contributed by atoms with van der Waals surface area (Å²) in [5, 5.41) is 18.6. The Balaban J connectivity index is 1.20. The lowest BCUT2D eigenvalue weighted by atomic mass is 9.92. The maximum absolute atomic E-state index is 13.7. The van der Waals surface area contributed by atoms with Gasteiger partial charge >= 0.3 is 14.3 Å². The summed E-state index contributed by atoms with van der Waals surface area (Å²) in [6.07, 6.45) is 0.106. The lowest BCUT2D eigenvalue weighted by Crippen LogP contribution is -2.58. The maximum Gasteiger partial charge on any atom is 0.351 e. The molecule has 1 aliphatic rings. The van der Waals surface area contributed by atoms with E-state index in [1.807, 2.05) is 6.07 Å². The molecule has 1 saturated heterocycles. The Hall–Kier alpha value is -4.61. The summed E-state index contributed by atoms with van der Waals surface area (Å²) in [7, 11) is -4.93. The van der Waals surface area contributed by atoms with Crippen LogP contribution in [0.4, 0.5) is 5.82 Å². The monoisotopic (exact) mass is 903 g/mol. The first-order valence-corrected chi connectivity index (χ1v) is 25.2.